The molecule has 1 saturated heterocycles. The Kier molecular flexibility index (Phi) is 5.11. The number of amides is 1. The van der Waals surface area contributed by atoms with Gasteiger partial charge in [-0.25, -0.2) is 17.6 Å². The molecule has 1 aliphatic heterocycles. The number of hydrogen-bond acceptors (Lipinski definition) is 2. The van der Waals surface area contributed by atoms with Gasteiger partial charge >= 0.3 is 0 Å². The van der Waals surface area contributed by atoms with E-state index in [2.05, 4.69) is 0 Å². The topological polar surface area (TPSA) is 46.3 Å². The van der Waals surface area contributed by atoms with E-state index in [0.29, 0.717) is 17.5 Å². The van der Waals surface area contributed by atoms with Crippen LogP contribution in [-0.4, -0.2) is 35.9 Å². The Morgan fingerprint density at radius 2 is 1.72 bits per heavy atom. The van der Waals surface area contributed by atoms with Crippen molar-refractivity contribution in [3.8, 4) is 11.1 Å². The fourth-order valence-electron chi connectivity index (χ4n) is 4.16. The van der Waals surface area contributed by atoms with E-state index < -0.39 is 30.0 Å². The van der Waals surface area contributed by atoms with Gasteiger partial charge in [0.2, 0.25) is 5.91 Å². The molecule has 1 amide bonds. The zero-order valence-corrected chi connectivity index (χ0v) is 15.8. The normalized spacial score (nSPS) is 26.1. The van der Waals surface area contributed by atoms with Crippen LogP contribution in [0, 0.1) is 17.6 Å². The molecule has 2 fully saturated rings. The molecule has 1 aliphatic carbocycles. The Bertz CT molecular complexity index is 913. The highest BCUT2D eigenvalue weighted by Crippen LogP contribution is 2.51. The quantitative estimate of drug-likeness (QED) is 0.772. The molecular formula is C22H22F4N2O. The van der Waals surface area contributed by atoms with Crippen molar-refractivity contribution in [1.82, 2.24) is 4.90 Å². The molecule has 0 spiro atoms. The Morgan fingerprint density at radius 3 is 2.45 bits per heavy atom. The highest BCUT2D eigenvalue weighted by atomic mass is 19.3. The van der Waals surface area contributed by atoms with E-state index in [1.54, 1.807) is 24.3 Å². The minimum Gasteiger partial charge on any atom is -0.342 e. The molecule has 3 unspecified atom stereocenters. The molecule has 3 nitrogen and oxygen atoms in total. The SMILES string of the molecule is NC1CCN(C(=O)C2CC2c2ccccc2-c2c(F)cccc2F)CCC1(F)F. The summed E-state index contributed by atoms with van der Waals surface area (Å²) >= 11 is 0. The number of hydrogen-bond donors (Lipinski definition) is 1. The lowest BCUT2D eigenvalue weighted by molar-refractivity contribution is -0.132. The maximum atomic E-state index is 14.3. The maximum Gasteiger partial charge on any atom is 0.264 e. The van der Waals surface area contributed by atoms with Crippen molar-refractivity contribution in [3.05, 3.63) is 59.7 Å². The van der Waals surface area contributed by atoms with Crippen LogP contribution in [0.2, 0.25) is 0 Å². The Balaban J connectivity index is 1.55. The number of nitrogens with two attached hydrogens (primary N) is 1. The molecule has 2 aliphatic rings. The Morgan fingerprint density at radius 1 is 1.03 bits per heavy atom. The molecule has 3 atom stereocenters. The summed E-state index contributed by atoms with van der Waals surface area (Å²) in [5, 5.41) is 0. The average Bonchev–Trinajstić information content (AvgIpc) is 3.49. The molecule has 2 aromatic carbocycles. The van der Waals surface area contributed by atoms with E-state index in [-0.39, 0.29) is 42.8 Å². The van der Waals surface area contributed by atoms with Gasteiger partial charge in [0.15, 0.2) is 0 Å². The lowest BCUT2D eigenvalue weighted by atomic mass is 9.95. The second-order valence-corrected chi connectivity index (χ2v) is 7.86. The van der Waals surface area contributed by atoms with Crippen LogP contribution in [0.3, 0.4) is 0 Å². The van der Waals surface area contributed by atoms with Gasteiger partial charge in [-0.2, -0.15) is 0 Å². The summed E-state index contributed by atoms with van der Waals surface area (Å²) in [5.74, 6) is -5.05. The Hall–Kier alpha value is -2.41. The number of carbonyl (C=O) groups is 1. The lowest BCUT2D eigenvalue weighted by Gasteiger charge is -2.21. The van der Waals surface area contributed by atoms with Crippen LogP contribution in [0.4, 0.5) is 17.6 Å². The molecule has 154 valence electrons. The van der Waals surface area contributed by atoms with Crippen molar-refractivity contribution in [3.63, 3.8) is 0 Å². The number of halogens is 4. The zero-order chi connectivity index (χ0) is 20.8. The van der Waals surface area contributed by atoms with Gasteiger partial charge in [-0.05, 0) is 42.0 Å². The molecule has 1 saturated carbocycles. The number of alkyl halides is 2. The number of rotatable bonds is 3. The fraction of sp³-hybridized carbons (Fsp3) is 0.409. The molecule has 2 aromatic rings. The number of carbonyl (C=O) groups excluding carboxylic acids is 1. The summed E-state index contributed by atoms with van der Waals surface area (Å²) < 4.78 is 56.3. The summed E-state index contributed by atoms with van der Waals surface area (Å²) in [5.41, 5.74) is 6.55. The monoisotopic (exact) mass is 406 g/mol. The van der Waals surface area contributed by atoms with Crippen LogP contribution >= 0.6 is 0 Å². The third-order valence-electron chi connectivity index (χ3n) is 5.98. The highest BCUT2D eigenvalue weighted by molar-refractivity contribution is 5.84. The summed E-state index contributed by atoms with van der Waals surface area (Å²) in [6, 6.07) is 9.33. The first-order chi connectivity index (χ1) is 13.8. The fourth-order valence-corrected chi connectivity index (χ4v) is 4.16. The van der Waals surface area contributed by atoms with Gasteiger partial charge in [0.05, 0.1) is 11.6 Å². The molecule has 0 radical (unpaired) electrons. The van der Waals surface area contributed by atoms with Crippen molar-refractivity contribution in [1.29, 1.82) is 0 Å². The largest absolute Gasteiger partial charge is 0.342 e. The average molecular weight is 406 g/mol. The van der Waals surface area contributed by atoms with Gasteiger partial charge in [-0.3, -0.25) is 4.79 Å². The highest BCUT2D eigenvalue weighted by Gasteiger charge is 2.48. The minimum atomic E-state index is -2.98. The van der Waals surface area contributed by atoms with E-state index in [4.69, 9.17) is 5.73 Å². The zero-order valence-electron chi connectivity index (χ0n) is 15.8. The third-order valence-corrected chi connectivity index (χ3v) is 5.98. The van der Waals surface area contributed by atoms with Crippen LogP contribution in [0.1, 0.15) is 30.7 Å². The minimum absolute atomic E-state index is 0.0354. The first-order valence-electron chi connectivity index (χ1n) is 9.75. The van der Waals surface area contributed by atoms with Crippen molar-refractivity contribution in [2.75, 3.05) is 13.1 Å². The van der Waals surface area contributed by atoms with Crippen LogP contribution in [0.15, 0.2) is 42.5 Å². The van der Waals surface area contributed by atoms with Gasteiger partial charge in [0, 0.05) is 25.4 Å². The standard InChI is InChI=1S/C22H22F4N2O/c23-17-6-3-7-18(24)20(17)14-5-2-1-4-13(14)15-12-16(15)21(29)28-10-8-19(27)22(25,26)9-11-28/h1-7,15-16,19H,8-12,27H2. The Labute approximate surface area is 166 Å². The molecule has 2 N–H and O–H groups in total. The summed E-state index contributed by atoms with van der Waals surface area (Å²) in [6.45, 7) is 0.161. The summed E-state index contributed by atoms with van der Waals surface area (Å²) in [7, 11) is 0. The second kappa shape index (κ2) is 7.44. The molecule has 0 bridgehead atoms. The van der Waals surface area contributed by atoms with Crippen LogP contribution in [0.25, 0.3) is 11.1 Å². The van der Waals surface area contributed by atoms with Gasteiger partial charge in [0.1, 0.15) is 11.6 Å². The number of nitrogens with zero attached hydrogens (tertiary/aromatic N) is 1. The third kappa shape index (κ3) is 3.75. The molecular weight excluding hydrogens is 384 g/mol. The van der Waals surface area contributed by atoms with E-state index in [9.17, 15) is 22.4 Å². The number of likely N-dealkylation sites (tertiary alicyclic amines) is 1. The van der Waals surface area contributed by atoms with Crippen molar-refractivity contribution in [2.45, 2.75) is 37.1 Å². The second-order valence-electron chi connectivity index (χ2n) is 7.86. The van der Waals surface area contributed by atoms with Crippen molar-refractivity contribution in [2.24, 2.45) is 11.7 Å². The predicted molar refractivity (Wildman–Crippen MR) is 101 cm³/mol. The first-order valence-corrected chi connectivity index (χ1v) is 9.75. The maximum absolute atomic E-state index is 14.3. The van der Waals surface area contributed by atoms with Crippen molar-refractivity contribution >= 4 is 5.91 Å². The summed E-state index contributed by atoms with van der Waals surface area (Å²) in [6.07, 6.45) is 0.131. The lowest BCUT2D eigenvalue weighted by Crippen LogP contribution is -2.40. The van der Waals surface area contributed by atoms with Gasteiger partial charge < -0.3 is 10.6 Å². The molecule has 1 heterocycles. The molecule has 4 rings (SSSR count). The van der Waals surface area contributed by atoms with E-state index >= 15 is 0 Å². The van der Waals surface area contributed by atoms with Crippen LogP contribution in [-0.2, 0) is 4.79 Å². The number of benzene rings is 2. The molecule has 29 heavy (non-hydrogen) atoms. The predicted octanol–water partition coefficient (Wildman–Crippen LogP) is 4.32. The van der Waals surface area contributed by atoms with Crippen molar-refractivity contribution < 1.29 is 22.4 Å². The molecule has 7 heteroatoms. The van der Waals surface area contributed by atoms with E-state index in [1.165, 1.54) is 23.1 Å². The summed E-state index contributed by atoms with van der Waals surface area (Å²) in [4.78, 5) is 14.3. The van der Waals surface area contributed by atoms with E-state index in [1.807, 2.05) is 0 Å². The van der Waals surface area contributed by atoms with Gasteiger partial charge in [-0.1, -0.05) is 30.3 Å². The van der Waals surface area contributed by atoms with Crippen LogP contribution in [0.5, 0.6) is 0 Å². The molecule has 0 aromatic heterocycles. The van der Waals surface area contributed by atoms with Gasteiger partial charge in [-0.15, -0.1) is 0 Å². The van der Waals surface area contributed by atoms with Gasteiger partial charge in [0.25, 0.3) is 5.92 Å². The first kappa shape index (κ1) is 19.9. The van der Waals surface area contributed by atoms with Crippen LogP contribution < -0.4 is 5.73 Å². The van der Waals surface area contributed by atoms with E-state index in [0.717, 1.165) is 0 Å². The smallest absolute Gasteiger partial charge is 0.264 e.